The summed E-state index contributed by atoms with van der Waals surface area (Å²) in [7, 11) is 3.52. The maximum Gasteiger partial charge on any atom is 0.146 e. The molecule has 0 radical (unpaired) electrons. The molecule has 0 saturated heterocycles. The van der Waals surface area contributed by atoms with Gasteiger partial charge >= 0.3 is 0 Å². The van der Waals surface area contributed by atoms with Crippen LogP contribution in [0.25, 0.3) is 0 Å². The van der Waals surface area contributed by atoms with E-state index >= 15 is 0 Å². The molecule has 0 aliphatic heterocycles. The van der Waals surface area contributed by atoms with Gasteiger partial charge < -0.3 is 4.74 Å². The normalized spacial score (nSPS) is 12.4. The van der Waals surface area contributed by atoms with E-state index in [1.807, 2.05) is 45.1 Å². The number of hydrogen-bond donors (Lipinski definition) is 0. The lowest BCUT2D eigenvalue weighted by molar-refractivity contribution is -0.104. The first kappa shape index (κ1) is 32.8. The molecular weight excluding hydrogens is 428 g/mol. The van der Waals surface area contributed by atoms with Crippen molar-refractivity contribution in [2.45, 2.75) is 41.0 Å². The minimum Gasteiger partial charge on any atom is -0.376 e. The quantitative estimate of drug-likeness (QED) is 0.0777. The Kier molecular flexibility index (Phi) is 22.0. The van der Waals surface area contributed by atoms with Crippen molar-refractivity contribution in [2.24, 2.45) is 28.1 Å². The van der Waals surface area contributed by atoms with Crippen LogP contribution < -0.4 is 5.01 Å². The van der Waals surface area contributed by atoms with Gasteiger partial charge in [-0.2, -0.15) is 10.2 Å². The third-order valence-corrected chi connectivity index (χ3v) is 4.18. The smallest absolute Gasteiger partial charge is 0.146 e. The van der Waals surface area contributed by atoms with E-state index in [0.717, 1.165) is 17.7 Å². The number of rotatable bonds is 12. The number of anilines is 1. The van der Waals surface area contributed by atoms with Gasteiger partial charge in [-0.05, 0) is 31.4 Å². The lowest BCUT2D eigenvalue weighted by Crippen LogP contribution is -2.05. The zero-order valence-corrected chi connectivity index (χ0v) is 21.9. The van der Waals surface area contributed by atoms with E-state index < -0.39 is 0 Å². The second-order valence-electron chi connectivity index (χ2n) is 6.49. The number of hydrazone groups is 1. The number of nitrogens with zero attached hydrogens (tertiary/aromatic N) is 6. The van der Waals surface area contributed by atoms with Crippen molar-refractivity contribution in [1.29, 1.82) is 0 Å². The maximum absolute atomic E-state index is 10.1. The fourth-order valence-corrected chi connectivity index (χ4v) is 2.08. The van der Waals surface area contributed by atoms with Gasteiger partial charge in [-0.1, -0.05) is 58.1 Å². The average Bonchev–Trinajstić information content (AvgIpc) is 3.30. The largest absolute Gasteiger partial charge is 0.376 e. The van der Waals surface area contributed by atoms with Crippen molar-refractivity contribution < 1.29 is 9.53 Å². The molecule has 1 atom stereocenters. The second kappa shape index (κ2) is 22.8. The highest BCUT2D eigenvalue weighted by Gasteiger charge is 2.01. The van der Waals surface area contributed by atoms with Crippen molar-refractivity contribution in [1.82, 2.24) is 9.78 Å². The molecule has 8 nitrogen and oxygen atoms in total. The summed E-state index contributed by atoms with van der Waals surface area (Å²) in [5, 5.41) is 9.11. The Morgan fingerprint density at radius 1 is 1.26 bits per heavy atom. The highest BCUT2D eigenvalue weighted by Crippen LogP contribution is 2.13. The van der Waals surface area contributed by atoms with Gasteiger partial charge in [0.05, 0.1) is 19.0 Å². The van der Waals surface area contributed by atoms with Crippen LogP contribution in [0.4, 0.5) is 5.69 Å². The predicted molar refractivity (Wildman–Crippen MR) is 147 cm³/mol. The van der Waals surface area contributed by atoms with E-state index in [1.165, 1.54) is 17.3 Å². The molecule has 0 aromatic carbocycles. The van der Waals surface area contributed by atoms with Crippen molar-refractivity contribution in [3.05, 3.63) is 61.1 Å². The Labute approximate surface area is 205 Å². The summed E-state index contributed by atoms with van der Waals surface area (Å²) in [4.78, 5) is 18.3. The number of hydrogen-bond acceptors (Lipinski definition) is 6. The van der Waals surface area contributed by atoms with Crippen molar-refractivity contribution in [2.75, 3.05) is 25.3 Å². The van der Waals surface area contributed by atoms with E-state index in [2.05, 4.69) is 47.3 Å². The van der Waals surface area contributed by atoms with Gasteiger partial charge in [0.2, 0.25) is 0 Å². The molecule has 0 N–H and O–H groups in total. The topological polar surface area (TPSA) is 84.4 Å². The Morgan fingerprint density at radius 3 is 2.44 bits per heavy atom. The fraction of sp³-hybridized carbons (Fsp3) is 0.423. The summed E-state index contributed by atoms with van der Waals surface area (Å²) in [5.74, 6) is 1.20. The lowest BCUT2D eigenvalue weighted by atomic mass is 10.00. The molecule has 8 heteroatoms. The van der Waals surface area contributed by atoms with Crippen LogP contribution in [-0.4, -0.2) is 55.1 Å². The number of aryl methyl sites for hydroxylation is 1. The number of aliphatic imine (C=N–C) groups is 2. The average molecular weight is 471 g/mol. The Balaban J connectivity index is 0. The van der Waals surface area contributed by atoms with E-state index in [0.29, 0.717) is 31.3 Å². The van der Waals surface area contributed by atoms with Crippen LogP contribution in [0, 0.1) is 5.92 Å². The monoisotopic (exact) mass is 470 g/mol. The number of carbonyl (C=O) groups excluding carboxylic acids is 1. The molecule has 0 fully saturated rings. The van der Waals surface area contributed by atoms with Crippen molar-refractivity contribution in [3.8, 4) is 0 Å². The van der Waals surface area contributed by atoms with Crippen LogP contribution in [0.5, 0.6) is 0 Å². The van der Waals surface area contributed by atoms with Gasteiger partial charge in [-0.15, -0.1) is 0 Å². The molecule has 0 amide bonds. The number of aromatic nitrogens is 2. The lowest BCUT2D eigenvalue weighted by Gasteiger charge is -2.08. The van der Waals surface area contributed by atoms with Crippen LogP contribution in [0.3, 0.4) is 0 Å². The van der Waals surface area contributed by atoms with Gasteiger partial charge in [0.15, 0.2) is 0 Å². The van der Waals surface area contributed by atoms with Gasteiger partial charge in [0.25, 0.3) is 0 Å². The summed E-state index contributed by atoms with van der Waals surface area (Å²) < 4.78 is 6.81. The summed E-state index contributed by atoms with van der Waals surface area (Å²) in [5.41, 5.74) is 1.90. The molecule has 0 bridgehead atoms. The first-order valence-electron chi connectivity index (χ1n) is 11.4. The van der Waals surface area contributed by atoms with Crippen LogP contribution in [0.1, 0.15) is 41.0 Å². The van der Waals surface area contributed by atoms with Crippen LogP contribution in [0.2, 0.25) is 0 Å². The molecule has 1 aromatic rings. The summed E-state index contributed by atoms with van der Waals surface area (Å²) in [6.45, 7) is 18.9. The van der Waals surface area contributed by atoms with E-state index in [9.17, 15) is 4.79 Å². The fourth-order valence-electron chi connectivity index (χ4n) is 2.08. The minimum absolute atomic E-state index is 0.518. The van der Waals surface area contributed by atoms with E-state index in [4.69, 9.17) is 4.74 Å². The molecule has 34 heavy (non-hydrogen) atoms. The standard InChI is InChI=1S/C16H26N2O.C8H10N4O.C2H6/c1-6-14(3)15(4)10-8-9-11-16(17-5)18-12-13-19-7-2;1-9-12(4-3-5-13)8-6-10-11(2)7-8;1-2/h8-12,14H,4,6-7,13H2,1-3,5H3;3-7H,1H2,2H3;1-2H3/b10-8-,11-9+,17-16?,18-12?;4-3-;. The van der Waals surface area contributed by atoms with E-state index in [1.54, 1.807) is 37.4 Å². The zero-order chi connectivity index (χ0) is 26.2. The molecule has 0 aliphatic carbocycles. The molecule has 1 unspecified atom stereocenters. The summed E-state index contributed by atoms with van der Waals surface area (Å²) in [6.07, 6.45) is 17.5. The molecule has 0 spiro atoms. The number of ether oxygens (including phenoxy) is 1. The molecular formula is C26H42N6O2. The number of allylic oxidation sites excluding steroid dienone is 5. The van der Waals surface area contributed by atoms with Crippen LogP contribution >= 0.6 is 0 Å². The Hall–Kier alpha value is -3.39. The van der Waals surface area contributed by atoms with Gasteiger partial charge in [-0.25, -0.2) is 10.0 Å². The van der Waals surface area contributed by atoms with Crippen molar-refractivity contribution >= 4 is 30.7 Å². The second-order valence-corrected chi connectivity index (χ2v) is 6.49. The highest BCUT2D eigenvalue weighted by atomic mass is 16.5. The first-order valence-corrected chi connectivity index (χ1v) is 11.4. The summed E-state index contributed by atoms with van der Waals surface area (Å²) in [6, 6.07) is 0. The molecule has 1 rings (SSSR count). The van der Waals surface area contributed by atoms with Gasteiger partial charge in [0, 0.05) is 39.8 Å². The SMILES string of the molecule is C=C(/C=C\C=C\C(N=CCOCC)=NC)C(C)CC.C=NN(/C=C\C=O)c1cnn(C)c1.CC. The van der Waals surface area contributed by atoms with Crippen LogP contribution in [-0.2, 0) is 16.6 Å². The molecule has 0 saturated carbocycles. The van der Waals surface area contributed by atoms with Crippen molar-refractivity contribution in [3.63, 3.8) is 0 Å². The summed E-state index contributed by atoms with van der Waals surface area (Å²) >= 11 is 0. The number of carbonyl (C=O) groups is 1. The third kappa shape index (κ3) is 16.3. The Bertz CT molecular complexity index is 834. The maximum atomic E-state index is 10.1. The first-order chi connectivity index (χ1) is 16.4. The minimum atomic E-state index is 0.518. The molecule has 1 heterocycles. The van der Waals surface area contributed by atoms with Crippen LogP contribution in [0.15, 0.2) is 76.2 Å². The van der Waals surface area contributed by atoms with E-state index in [-0.39, 0.29) is 0 Å². The molecule has 188 valence electrons. The number of aldehydes is 1. The highest BCUT2D eigenvalue weighted by molar-refractivity contribution is 5.98. The zero-order valence-electron chi connectivity index (χ0n) is 21.9. The third-order valence-electron chi connectivity index (χ3n) is 4.18. The molecule has 1 aromatic heterocycles. The Morgan fingerprint density at radius 2 is 1.94 bits per heavy atom. The predicted octanol–water partition coefficient (Wildman–Crippen LogP) is 5.42. The molecule has 0 aliphatic rings. The number of amidine groups is 1. The van der Waals surface area contributed by atoms with Gasteiger partial charge in [0.1, 0.15) is 17.8 Å². The van der Waals surface area contributed by atoms with Gasteiger partial charge in [-0.3, -0.25) is 14.5 Å².